The van der Waals surface area contributed by atoms with E-state index >= 15 is 0 Å². The highest BCUT2D eigenvalue weighted by Crippen LogP contribution is 2.07. The van der Waals surface area contributed by atoms with Crippen LogP contribution in [0.3, 0.4) is 0 Å². The van der Waals surface area contributed by atoms with Crippen LogP contribution < -0.4 is 0 Å². The molecule has 0 aliphatic rings. The summed E-state index contributed by atoms with van der Waals surface area (Å²) in [4.78, 5) is 0. The lowest BCUT2D eigenvalue weighted by molar-refractivity contribution is 0.586. The zero-order valence-electron chi connectivity index (χ0n) is 16.8. The third-order valence-corrected chi connectivity index (χ3v) is 6.01. The maximum absolute atomic E-state index is 11.4. The molecular weight excluding hydrogens is 352 g/mol. The van der Waals surface area contributed by atoms with Crippen LogP contribution in [0, 0.1) is 0 Å². The Morgan fingerprint density at radius 2 is 1.00 bits per heavy atom. The van der Waals surface area contributed by atoms with Gasteiger partial charge in [-0.2, -0.15) is 0 Å². The van der Waals surface area contributed by atoms with Crippen molar-refractivity contribution in [1.82, 2.24) is 0 Å². The first-order valence-corrected chi connectivity index (χ1v) is 11.9. The molecular formula is C24H34O2S. The van der Waals surface area contributed by atoms with Crippen LogP contribution in [0.5, 0.6) is 0 Å². The molecule has 0 fully saturated rings. The quantitative estimate of drug-likeness (QED) is 0.339. The maximum atomic E-state index is 11.4. The predicted molar refractivity (Wildman–Crippen MR) is 120 cm³/mol. The molecule has 0 saturated heterocycles. The second kappa shape index (κ2) is 14.2. The van der Waals surface area contributed by atoms with Gasteiger partial charge in [-0.05, 0) is 24.0 Å². The van der Waals surface area contributed by atoms with E-state index in [1.165, 1.54) is 11.1 Å². The third-order valence-electron chi connectivity index (χ3n) is 4.19. The Labute approximate surface area is 166 Å². The van der Waals surface area contributed by atoms with Crippen LogP contribution in [-0.2, 0) is 9.84 Å². The number of rotatable bonds is 10. The van der Waals surface area contributed by atoms with Crippen LogP contribution in [0.2, 0.25) is 0 Å². The van der Waals surface area contributed by atoms with Crippen molar-refractivity contribution >= 4 is 22.0 Å². The maximum Gasteiger partial charge on any atom is 0.150 e. The third kappa shape index (κ3) is 12.2. The van der Waals surface area contributed by atoms with Crippen molar-refractivity contribution in [2.75, 3.05) is 11.5 Å². The fraction of sp³-hybridized carbons (Fsp3) is 0.417. The summed E-state index contributed by atoms with van der Waals surface area (Å²) < 4.78 is 22.8. The first-order chi connectivity index (χ1) is 13.1. The molecule has 0 aliphatic heterocycles. The van der Waals surface area contributed by atoms with Crippen LogP contribution >= 0.6 is 0 Å². The number of hydrogen-bond donors (Lipinski definition) is 0. The lowest BCUT2D eigenvalue weighted by Crippen LogP contribution is -2.10. The zero-order valence-corrected chi connectivity index (χ0v) is 17.6. The molecule has 0 atom stereocenters. The highest BCUT2D eigenvalue weighted by atomic mass is 32.2. The molecule has 0 unspecified atom stereocenters. The van der Waals surface area contributed by atoms with Crippen molar-refractivity contribution in [3.05, 3.63) is 71.8 Å². The van der Waals surface area contributed by atoms with Gasteiger partial charge < -0.3 is 0 Å². The van der Waals surface area contributed by atoms with E-state index in [0.717, 1.165) is 38.5 Å². The second-order valence-corrected chi connectivity index (χ2v) is 9.02. The van der Waals surface area contributed by atoms with Gasteiger partial charge in [0.05, 0.1) is 11.5 Å². The molecule has 0 spiro atoms. The highest BCUT2D eigenvalue weighted by Gasteiger charge is 2.08. The molecule has 0 aliphatic carbocycles. The van der Waals surface area contributed by atoms with Crippen LogP contribution in [0.1, 0.15) is 63.5 Å². The lowest BCUT2D eigenvalue weighted by atomic mass is 10.1. The van der Waals surface area contributed by atoms with Crippen molar-refractivity contribution < 1.29 is 8.42 Å². The summed E-state index contributed by atoms with van der Waals surface area (Å²) >= 11 is 0. The van der Waals surface area contributed by atoms with E-state index in [2.05, 4.69) is 50.3 Å². The van der Waals surface area contributed by atoms with Gasteiger partial charge >= 0.3 is 0 Å². The van der Waals surface area contributed by atoms with Crippen molar-refractivity contribution in [2.24, 2.45) is 0 Å². The monoisotopic (exact) mass is 386 g/mol. The standard InChI is InChI=1S/C14H12.C10H22O2S/c1-3-7-13(8-4-1)11-12-14-9-5-2-6-10-14;1-3-5-7-9-13(11,12)10-8-6-4-2/h1-12H;3-10H2,1-2H3. The SMILES string of the molecule is C(=Cc1ccccc1)c1ccccc1.CCCCCS(=O)(=O)CCCCC. The zero-order chi connectivity index (χ0) is 19.8. The number of sulfone groups is 1. The van der Waals surface area contributed by atoms with Gasteiger partial charge in [0.2, 0.25) is 0 Å². The fourth-order valence-electron chi connectivity index (χ4n) is 2.57. The molecule has 148 valence electrons. The number of unbranched alkanes of at least 4 members (excludes halogenated alkanes) is 4. The summed E-state index contributed by atoms with van der Waals surface area (Å²) in [6.45, 7) is 4.17. The predicted octanol–water partition coefficient (Wildman–Crippen LogP) is 6.64. The normalized spacial score (nSPS) is 11.2. The van der Waals surface area contributed by atoms with Crippen molar-refractivity contribution in [3.8, 4) is 0 Å². The van der Waals surface area contributed by atoms with E-state index in [4.69, 9.17) is 0 Å². The number of hydrogen-bond acceptors (Lipinski definition) is 2. The second-order valence-electron chi connectivity index (χ2n) is 6.72. The Bertz CT molecular complexity index is 662. The Balaban J connectivity index is 0.000000271. The average molecular weight is 387 g/mol. The molecule has 0 heterocycles. The average Bonchev–Trinajstić information content (AvgIpc) is 2.69. The van der Waals surface area contributed by atoms with Gasteiger partial charge in [-0.15, -0.1) is 0 Å². The molecule has 0 bridgehead atoms. The van der Waals surface area contributed by atoms with E-state index in [1.54, 1.807) is 0 Å². The molecule has 0 radical (unpaired) electrons. The van der Waals surface area contributed by atoms with Gasteiger partial charge in [0.15, 0.2) is 0 Å². The molecule has 0 saturated carbocycles. The van der Waals surface area contributed by atoms with Gasteiger partial charge in [0.25, 0.3) is 0 Å². The van der Waals surface area contributed by atoms with Crippen molar-refractivity contribution in [3.63, 3.8) is 0 Å². The summed E-state index contributed by atoms with van der Waals surface area (Å²) in [6, 6.07) is 20.6. The van der Waals surface area contributed by atoms with E-state index < -0.39 is 9.84 Å². The van der Waals surface area contributed by atoms with Gasteiger partial charge in [-0.3, -0.25) is 0 Å². The van der Waals surface area contributed by atoms with Gasteiger partial charge in [0.1, 0.15) is 9.84 Å². The lowest BCUT2D eigenvalue weighted by Gasteiger charge is -2.02. The summed E-state index contributed by atoms with van der Waals surface area (Å²) in [5, 5.41) is 0. The molecule has 2 aromatic carbocycles. The first kappa shape index (κ1) is 23.2. The molecule has 2 nitrogen and oxygen atoms in total. The van der Waals surface area contributed by atoms with E-state index in [-0.39, 0.29) is 0 Å². The summed E-state index contributed by atoms with van der Waals surface area (Å²) in [5.41, 5.74) is 2.47. The van der Waals surface area contributed by atoms with Crippen molar-refractivity contribution in [2.45, 2.75) is 52.4 Å². The topological polar surface area (TPSA) is 34.1 Å². The van der Waals surface area contributed by atoms with Crippen LogP contribution in [0.4, 0.5) is 0 Å². The molecule has 2 rings (SSSR count). The van der Waals surface area contributed by atoms with E-state index in [1.807, 2.05) is 36.4 Å². The first-order valence-electron chi connectivity index (χ1n) is 10.1. The summed E-state index contributed by atoms with van der Waals surface area (Å²) in [5.74, 6) is 0.787. The highest BCUT2D eigenvalue weighted by molar-refractivity contribution is 7.91. The Morgan fingerprint density at radius 1 is 0.630 bits per heavy atom. The minimum atomic E-state index is -2.73. The number of benzene rings is 2. The fourth-order valence-corrected chi connectivity index (χ4v) is 4.06. The van der Waals surface area contributed by atoms with Gasteiger partial charge in [-0.1, -0.05) is 112 Å². The smallest absolute Gasteiger partial charge is 0.150 e. The Hall–Kier alpha value is -1.87. The van der Waals surface area contributed by atoms with Gasteiger partial charge in [-0.25, -0.2) is 8.42 Å². The molecule has 3 heteroatoms. The van der Waals surface area contributed by atoms with Crippen molar-refractivity contribution in [1.29, 1.82) is 0 Å². The van der Waals surface area contributed by atoms with Crippen LogP contribution in [-0.4, -0.2) is 19.9 Å². The van der Waals surface area contributed by atoms with E-state index in [9.17, 15) is 8.42 Å². The molecule has 0 aromatic heterocycles. The van der Waals surface area contributed by atoms with Crippen LogP contribution in [0.15, 0.2) is 60.7 Å². The molecule has 0 amide bonds. The Kier molecular flexibility index (Phi) is 12.2. The van der Waals surface area contributed by atoms with Gasteiger partial charge in [0, 0.05) is 0 Å². The van der Waals surface area contributed by atoms with E-state index in [0.29, 0.717) is 11.5 Å². The summed E-state index contributed by atoms with van der Waals surface area (Å²) in [7, 11) is -2.73. The summed E-state index contributed by atoms with van der Waals surface area (Å²) in [6.07, 6.45) is 10.2. The molecule has 2 aromatic rings. The largest absolute Gasteiger partial charge is 0.229 e. The minimum Gasteiger partial charge on any atom is -0.229 e. The minimum absolute atomic E-state index is 0.393. The Morgan fingerprint density at radius 3 is 1.33 bits per heavy atom. The molecule has 0 N–H and O–H groups in total. The molecule has 27 heavy (non-hydrogen) atoms. The van der Waals surface area contributed by atoms with Crippen LogP contribution in [0.25, 0.3) is 12.2 Å².